The zero-order valence-corrected chi connectivity index (χ0v) is 25.1. The monoisotopic (exact) mass is 616 g/mol. The highest BCUT2D eigenvalue weighted by atomic mass is 35.5. The maximum Gasteiger partial charge on any atom is 0.488 e. The molecule has 2 heterocycles. The fourth-order valence-electron chi connectivity index (χ4n) is 5.24. The molecule has 2 amide bonds. The van der Waals surface area contributed by atoms with Gasteiger partial charge in [0.25, 0.3) is 0 Å². The summed E-state index contributed by atoms with van der Waals surface area (Å²) in [7, 11) is 0.0817. The van der Waals surface area contributed by atoms with Crippen LogP contribution in [0.3, 0.4) is 0 Å². The largest absolute Gasteiger partial charge is 0.497 e. The van der Waals surface area contributed by atoms with Crippen molar-refractivity contribution in [1.29, 1.82) is 0 Å². The summed E-state index contributed by atoms with van der Waals surface area (Å²) in [5, 5.41) is 24.6. The number of anilines is 1. The van der Waals surface area contributed by atoms with E-state index in [4.69, 9.17) is 21.3 Å². The van der Waals surface area contributed by atoms with Crippen molar-refractivity contribution < 1.29 is 24.4 Å². The highest BCUT2D eigenvalue weighted by Crippen LogP contribution is 2.36. The molecule has 1 fully saturated rings. The maximum absolute atomic E-state index is 13.1. The van der Waals surface area contributed by atoms with Crippen molar-refractivity contribution in [1.82, 2.24) is 21.5 Å². The molecule has 0 saturated carbocycles. The normalized spacial score (nSPS) is 19.1. The van der Waals surface area contributed by atoms with Crippen molar-refractivity contribution in [3.8, 4) is 5.75 Å². The number of hydrogen-bond donors (Lipinski definition) is 6. The Balaban J connectivity index is 1.25. The van der Waals surface area contributed by atoms with Crippen LogP contribution in [0.25, 0.3) is 6.08 Å². The van der Waals surface area contributed by atoms with Crippen LogP contribution in [0.15, 0.2) is 77.8 Å². The molecule has 0 bridgehead atoms. The third kappa shape index (κ3) is 7.29. The Kier molecular flexibility index (Phi) is 9.98. The van der Waals surface area contributed by atoms with Gasteiger partial charge >= 0.3 is 7.12 Å². The lowest BCUT2D eigenvalue weighted by atomic mass is 9.80. The minimum atomic E-state index is -1.54. The minimum Gasteiger partial charge on any atom is -0.497 e. The lowest BCUT2D eigenvalue weighted by Gasteiger charge is -2.31. The van der Waals surface area contributed by atoms with Gasteiger partial charge in [0.2, 0.25) is 11.8 Å². The number of hydrogen-bond acceptors (Lipinski definition) is 9. The summed E-state index contributed by atoms with van der Waals surface area (Å²) >= 11 is 6.18. The molecule has 6 N–H and O–H groups in total. The molecular weight excluding hydrogens is 583 g/mol. The molecule has 2 unspecified atom stereocenters. The number of fused-ring (bicyclic) bond motifs is 3. The number of carbonyl (C=O) groups is 2. The van der Waals surface area contributed by atoms with Crippen molar-refractivity contribution >= 4 is 53.5 Å². The van der Waals surface area contributed by atoms with Crippen LogP contribution in [0.1, 0.15) is 30.0 Å². The number of hydrazine groups is 1. The van der Waals surface area contributed by atoms with Gasteiger partial charge in [0.1, 0.15) is 11.9 Å². The Hall–Kier alpha value is -4.20. The van der Waals surface area contributed by atoms with E-state index in [1.54, 1.807) is 37.5 Å². The van der Waals surface area contributed by atoms with E-state index in [-0.39, 0.29) is 43.7 Å². The molecular formula is C31H34BClN6O5. The molecule has 0 aliphatic carbocycles. The van der Waals surface area contributed by atoms with E-state index in [0.29, 0.717) is 16.2 Å². The first-order valence-electron chi connectivity index (χ1n) is 14.2. The number of aliphatic imine (C=N–C) groups is 1. The van der Waals surface area contributed by atoms with Crippen LogP contribution in [-0.4, -0.2) is 73.3 Å². The van der Waals surface area contributed by atoms with Crippen LogP contribution in [0.2, 0.25) is 5.02 Å². The van der Waals surface area contributed by atoms with Crippen molar-refractivity contribution in [2.45, 2.75) is 31.7 Å². The Morgan fingerprint density at radius 1 is 1.05 bits per heavy atom. The summed E-state index contributed by atoms with van der Waals surface area (Å²) in [6, 6.07) is 19.4. The molecule has 5 rings (SSSR count). The first-order chi connectivity index (χ1) is 21.2. The Labute approximate surface area is 261 Å². The molecule has 2 aliphatic heterocycles. The van der Waals surface area contributed by atoms with Gasteiger partial charge in [-0.1, -0.05) is 48.0 Å². The Bertz CT molecular complexity index is 1550. The molecule has 0 spiro atoms. The molecule has 13 heteroatoms. The lowest BCUT2D eigenvalue weighted by Crippen LogP contribution is -2.48. The van der Waals surface area contributed by atoms with Gasteiger partial charge in [-0.2, -0.15) is 0 Å². The van der Waals surface area contributed by atoms with E-state index >= 15 is 0 Å². The van der Waals surface area contributed by atoms with Crippen molar-refractivity contribution in [2.75, 3.05) is 25.1 Å². The molecule has 3 atom stereocenters. The van der Waals surface area contributed by atoms with E-state index in [2.05, 4.69) is 26.4 Å². The third-order valence-corrected chi connectivity index (χ3v) is 7.73. The van der Waals surface area contributed by atoms with Gasteiger partial charge in [-0.3, -0.25) is 14.6 Å². The average molecular weight is 617 g/mol. The number of halogens is 1. The molecule has 1 saturated heterocycles. The van der Waals surface area contributed by atoms with Crippen molar-refractivity contribution in [2.24, 2.45) is 4.99 Å². The molecule has 3 aromatic rings. The molecule has 228 valence electrons. The summed E-state index contributed by atoms with van der Waals surface area (Å²) < 4.78 is 5.53. The predicted octanol–water partition coefficient (Wildman–Crippen LogP) is 1.17. The Morgan fingerprint density at radius 2 is 1.77 bits per heavy atom. The second-order valence-corrected chi connectivity index (χ2v) is 10.9. The molecule has 0 aromatic heterocycles. The van der Waals surface area contributed by atoms with Crippen LogP contribution in [0.5, 0.6) is 5.75 Å². The number of ether oxygens (including phenoxy) is 1. The zero-order valence-electron chi connectivity index (χ0n) is 24.3. The van der Waals surface area contributed by atoms with E-state index in [1.807, 2.05) is 49.4 Å². The minimum absolute atomic E-state index is 0.0695. The van der Waals surface area contributed by atoms with Crippen LogP contribution in [-0.2, 0) is 9.59 Å². The van der Waals surface area contributed by atoms with Gasteiger partial charge in [0, 0.05) is 41.0 Å². The van der Waals surface area contributed by atoms with Gasteiger partial charge < -0.3 is 30.3 Å². The van der Waals surface area contributed by atoms with Crippen LogP contribution < -0.4 is 36.6 Å². The van der Waals surface area contributed by atoms with E-state index < -0.39 is 13.2 Å². The molecule has 0 radical (unpaired) electrons. The van der Waals surface area contributed by atoms with E-state index in [0.717, 1.165) is 28.1 Å². The molecule has 3 aromatic carbocycles. The quantitative estimate of drug-likeness (QED) is 0.113. The Morgan fingerprint density at radius 3 is 2.48 bits per heavy atom. The fourth-order valence-corrected chi connectivity index (χ4v) is 5.37. The van der Waals surface area contributed by atoms with Gasteiger partial charge in [-0.25, -0.2) is 10.9 Å². The van der Waals surface area contributed by atoms with E-state index in [9.17, 15) is 19.6 Å². The summed E-state index contributed by atoms with van der Waals surface area (Å²) in [4.78, 5) is 32.7. The summed E-state index contributed by atoms with van der Waals surface area (Å²) in [6.45, 7) is 2.53. The number of rotatable bonds is 10. The highest BCUT2D eigenvalue weighted by molar-refractivity contribution is 6.58. The lowest BCUT2D eigenvalue weighted by molar-refractivity contribution is -0.122. The highest BCUT2D eigenvalue weighted by Gasteiger charge is 2.40. The third-order valence-electron chi connectivity index (χ3n) is 7.47. The second kappa shape index (κ2) is 14.1. The molecule has 2 aliphatic rings. The number of benzene rings is 3. The van der Waals surface area contributed by atoms with Gasteiger partial charge in [0.15, 0.2) is 0 Å². The number of carbonyl (C=O) groups excluding carboxylic acids is 2. The first-order valence-corrected chi connectivity index (χ1v) is 14.6. The van der Waals surface area contributed by atoms with Gasteiger partial charge in [-0.05, 0) is 54.4 Å². The first kappa shape index (κ1) is 31.2. The predicted molar refractivity (Wildman–Crippen MR) is 172 cm³/mol. The van der Waals surface area contributed by atoms with Crippen LogP contribution >= 0.6 is 11.6 Å². The molecule has 11 nitrogen and oxygen atoms in total. The SMILES string of the molecule is COc1ccc2c(c1)C(c1ccc(Cl)cc1)=N[C@@H](CC(=O)NCCNC(=O)/C=C/c1ccc(B(O)O)cc1)C1NNC(C)N21. The summed E-state index contributed by atoms with van der Waals surface area (Å²) in [5.74, 6) is 0.183. The van der Waals surface area contributed by atoms with Gasteiger partial charge in [-0.15, -0.1) is 0 Å². The standard InChI is InChI=1S/C31H34BClN6O5/c1-19-37-38-31-26(18-29(41)35-16-15-34-28(40)14-5-20-3-8-22(9-4-20)32(42)43)36-30(21-6-10-23(33)11-7-21)25-17-24(44-2)12-13-27(25)39(19)31/h3-14,17,19,26,31,37-38,42-43H,15-16,18H2,1-2H3,(H,34,40)(H,35,41)/b14-5+/t19?,26-,31?/m0/s1. The van der Waals surface area contributed by atoms with Gasteiger partial charge in [0.05, 0.1) is 31.4 Å². The smallest absolute Gasteiger partial charge is 0.488 e. The van der Waals surface area contributed by atoms with Crippen LogP contribution in [0, 0.1) is 0 Å². The second-order valence-electron chi connectivity index (χ2n) is 10.5. The topological polar surface area (TPSA) is 148 Å². The maximum atomic E-state index is 13.1. The van der Waals surface area contributed by atoms with E-state index in [1.165, 1.54) is 6.08 Å². The number of nitrogens with zero attached hydrogens (tertiary/aromatic N) is 2. The average Bonchev–Trinajstić information content (AvgIpc) is 3.35. The zero-order chi connectivity index (χ0) is 31.2. The summed E-state index contributed by atoms with van der Waals surface area (Å²) in [5.41, 5.74) is 11.1. The van der Waals surface area contributed by atoms with Crippen molar-refractivity contribution in [3.63, 3.8) is 0 Å². The summed E-state index contributed by atoms with van der Waals surface area (Å²) in [6.07, 6.45) is 2.74. The number of methoxy groups -OCH3 is 1. The molecule has 44 heavy (non-hydrogen) atoms. The van der Waals surface area contributed by atoms with Crippen molar-refractivity contribution in [3.05, 3.63) is 94.5 Å². The number of nitrogens with one attached hydrogen (secondary N) is 4. The fraction of sp³-hybridized carbons (Fsp3) is 0.258. The number of amides is 2. The van der Waals surface area contributed by atoms with Crippen LogP contribution in [0.4, 0.5) is 5.69 Å².